The number of esters is 1. The number of hydrogen-bond donors (Lipinski definition) is 1. The highest BCUT2D eigenvalue weighted by atomic mass is 19.1. The van der Waals surface area contributed by atoms with Crippen molar-refractivity contribution in [2.45, 2.75) is 38.6 Å². The van der Waals surface area contributed by atoms with Crippen LogP contribution in [0.2, 0.25) is 0 Å². The predicted molar refractivity (Wildman–Crippen MR) is 112 cm³/mol. The Hall–Kier alpha value is -3.10. The summed E-state index contributed by atoms with van der Waals surface area (Å²) in [5.74, 6) is -2.25. The lowest BCUT2D eigenvalue weighted by molar-refractivity contribution is -0.148. The zero-order valence-corrected chi connectivity index (χ0v) is 17.5. The largest absolute Gasteiger partial charge is 0.492 e. The highest BCUT2D eigenvalue weighted by Gasteiger charge is 2.33. The molecule has 8 nitrogen and oxygen atoms in total. The number of carboxylic acids is 1. The number of fused-ring (bicyclic) bond motifs is 1. The van der Waals surface area contributed by atoms with Crippen LogP contribution >= 0.6 is 0 Å². The number of rotatable bonds is 6. The zero-order chi connectivity index (χ0) is 22.3. The van der Waals surface area contributed by atoms with Crippen molar-refractivity contribution in [3.8, 4) is 5.75 Å². The van der Waals surface area contributed by atoms with Crippen LogP contribution in [0.15, 0.2) is 17.1 Å². The molecule has 0 spiro atoms. The van der Waals surface area contributed by atoms with Gasteiger partial charge in [0.1, 0.15) is 11.3 Å². The van der Waals surface area contributed by atoms with Gasteiger partial charge in [0.2, 0.25) is 5.43 Å². The van der Waals surface area contributed by atoms with Gasteiger partial charge in [-0.2, -0.15) is 0 Å². The number of benzene rings is 1. The van der Waals surface area contributed by atoms with Gasteiger partial charge >= 0.3 is 11.9 Å². The Kier molecular flexibility index (Phi) is 5.60. The van der Waals surface area contributed by atoms with Crippen LogP contribution in [0.1, 0.15) is 49.0 Å². The first kappa shape index (κ1) is 21.1. The molecule has 4 rings (SSSR count). The van der Waals surface area contributed by atoms with E-state index < -0.39 is 17.2 Å². The molecular weight excluding hydrogens is 407 g/mol. The number of carbonyl (C=O) groups excluding carboxylic acids is 1. The number of piperidine rings is 1. The fourth-order valence-corrected chi connectivity index (χ4v) is 4.32. The standard InChI is InChI=1S/C22H25FN2O6/c1-3-31-22(29)12-6-8-24(9-7-12)18-16(23)10-14-17(20(18)30-2)25(13-4-5-13)11-15(19(14)26)21(27)28/h10-13H,3-9H2,1-2H3,(H,27,28). The van der Waals surface area contributed by atoms with Crippen molar-refractivity contribution in [3.63, 3.8) is 0 Å². The van der Waals surface area contributed by atoms with Crippen LogP contribution in [-0.4, -0.2) is 48.4 Å². The number of halogens is 1. The van der Waals surface area contributed by atoms with Crippen LogP contribution < -0.4 is 15.1 Å². The maximum Gasteiger partial charge on any atom is 0.341 e. The fraction of sp³-hybridized carbons (Fsp3) is 0.500. The molecule has 31 heavy (non-hydrogen) atoms. The quantitative estimate of drug-likeness (QED) is 0.701. The molecule has 0 radical (unpaired) electrons. The number of pyridine rings is 1. The number of carboxylic acid groups (broad SMARTS) is 1. The third-order valence-corrected chi connectivity index (χ3v) is 6.00. The second-order valence-corrected chi connectivity index (χ2v) is 7.97. The van der Waals surface area contributed by atoms with Gasteiger partial charge < -0.3 is 24.0 Å². The normalized spacial score (nSPS) is 17.1. The molecule has 0 atom stereocenters. The van der Waals surface area contributed by atoms with E-state index in [1.165, 1.54) is 13.3 Å². The van der Waals surface area contributed by atoms with Crippen LogP contribution in [0, 0.1) is 11.7 Å². The van der Waals surface area contributed by atoms with Gasteiger partial charge in [-0.15, -0.1) is 0 Å². The Morgan fingerprint density at radius 3 is 2.45 bits per heavy atom. The second kappa shape index (κ2) is 8.20. The maximum atomic E-state index is 15.3. The summed E-state index contributed by atoms with van der Waals surface area (Å²) in [6.45, 7) is 2.95. The summed E-state index contributed by atoms with van der Waals surface area (Å²) in [6, 6.07) is 1.15. The molecule has 0 bridgehead atoms. The Bertz CT molecular complexity index is 1100. The zero-order valence-electron chi connectivity index (χ0n) is 17.5. The summed E-state index contributed by atoms with van der Waals surface area (Å²) < 4.78 is 27.7. The first-order valence-corrected chi connectivity index (χ1v) is 10.5. The van der Waals surface area contributed by atoms with E-state index in [9.17, 15) is 19.5 Å². The van der Waals surface area contributed by atoms with E-state index in [1.807, 2.05) is 4.90 Å². The van der Waals surface area contributed by atoms with Crippen LogP contribution in [0.25, 0.3) is 10.9 Å². The van der Waals surface area contributed by atoms with Crippen molar-refractivity contribution < 1.29 is 28.6 Å². The van der Waals surface area contributed by atoms with Crippen LogP contribution in [-0.2, 0) is 9.53 Å². The van der Waals surface area contributed by atoms with Crippen molar-refractivity contribution in [3.05, 3.63) is 33.9 Å². The molecule has 1 aliphatic heterocycles. The number of carbonyl (C=O) groups is 2. The van der Waals surface area contributed by atoms with E-state index in [-0.39, 0.29) is 40.3 Å². The summed E-state index contributed by atoms with van der Waals surface area (Å²) in [4.78, 5) is 38.2. The lowest BCUT2D eigenvalue weighted by Crippen LogP contribution is -2.37. The van der Waals surface area contributed by atoms with Gasteiger partial charge in [0.15, 0.2) is 11.6 Å². The van der Waals surface area contributed by atoms with E-state index in [1.54, 1.807) is 11.5 Å². The number of hydrogen-bond acceptors (Lipinski definition) is 6. The molecule has 2 aromatic rings. The molecule has 1 saturated carbocycles. The smallest absolute Gasteiger partial charge is 0.341 e. The minimum atomic E-state index is -1.34. The summed E-state index contributed by atoms with van der Waals surface area (Å²) in [6.07, 6.45) is 4.07. The molecule has 1 aromatic heterocycles. The predicted octanol–water partition coefficient (Wildman–Crippen LogP) is 2.96. The van der Waals surface area contributed by atoms with Gasteiger partial charge in [0, 0.05) is 25.3 Å². The first-order chi connectivity index (χ1) is 14.9. The van der Waals surface area contributed by atoms with Crippen molar-refractivity contribution in [2.24, 2.45) is 5.92 Å². The third-order valence-electron chi connectivity index (χ3n) is 6.00. The molecule has 1 saturated heterocycles. The Labute approximate surface area is 178 Å². The monoisotopic (exact) mass is 432 g/mol. The second-order valence-electron chi connectivity index (χ2n) is 7.97. The van der Waals surface area contributed by atoms with Gasteiger partial charge in [-0.25, -0.2) is 9.18 Å². The van der Waals surface area contributed by atoms with Gasteiger partial charge in [-0.05, 0) is 38.7 Å². The van der Waals surface area contributed by atoms with Gasteiger partial charge in [-0.1, -0.05) is 0 Å². The highest BCUT2D eigenvalue weighted by Crippen LogP contribution is 2.44. The average molecular weight is 432 g/mol. The molecule has 2 heterocycles. The number of aromatic carboxylic acids is 1. The first-order valence-electron chi connectivity index (χ1n) is 10.5. The number of methoxy groups -OCH3 is 1. The lowest BCUT2D eigenvalue weighted by Gasteiger charge is -2.34. The molecule has 0 amide bonds. The average Bonchev–Trinajstić information content (AvgIpc) is 3.59. The molecule has 1 aliphatic carbocycles. The van der Waals surface area contributed by atoms with Crippen molar-refractivity contribution in [1.29, 1.82) is 0 Å². The molecule has 9 heteroatoms. The van der Waals surface area contributed by atoms with Crippen molar-refractivity contribution in [2.75, 3.05) is 31.7 Å². The number of anilines is 1. The van der Waals surface area contributed by atoms with E-state index >= 15 is 4.39 Å². The minimum Gasteiger partial charge on any atom is -0.492 e. The molecule has 1 aromatic carbocycles. The maximum absolute atomic E-state index is 15.3. The fourth-order valence-electron chi connectivity index (χ4n) is 4.32. The van der Waals surface area contributed by atoms with E-state index in [0.29, 0.717) is 38.1 Å². The molecule has 2 fully saturated rings. The number of aromatic nitrogens is 1. The van der Waals surface area contributed by atoms with Crippen LogP contribution in [0.4, 0.5) is 10.1 Å². The molecule has 2 aliphatic rings. The molecule has 0 unspecified atom stereocenters. The Morgan fingerprint density at radius 1 is 1.23 bits per heavy atom. The van der Waals surface area contributed by atoms with Crippen LogP contribution in [0.3, 0.4) is 0 Å². The SMILES string of the molecule is CCOC(=O)C1CCN(c2c(F)cc3c(=O)c(C(=O)O)cn(C4CC4)c3c2OC)CC1. The summed E-state index contributed by atoms with van der Waals surface area (Å²) in [5.41, 5.74) is -0.480. The summed E-state index contributed by atoms with van der Waals surface area (Å²) in [5, 5.41) is 9.42. The summed E-state index contributed by atoms with van der Waals surface area (Å²) in [7, 11) is 1.41. The van der Waals surface area contributed by atoms with E-state index in [0.717, 1.165) is 18.9 Å². The van der Waals surface area contributed by atoms with E-state index in [2.05, 4.69) is 0 Å². The minimum absolute atomic E-state index is 0.00805. The third kappa shape index (κ3) is 3.73. The Balaban J connectivity index is 1.81. The number of nitrogens with zero attached hydrogens (tertiary/aromatic N) is 2. The number of ether oxygens (including phenoxy) is 2. The molecule has 1 N–H and O–H groups in total. The van der Waals surface area contributed by atoms with Crippen molar-refractivity contribution in [1.82, 2.24) is 4.57 Å². The highest BCUT2D eigenvalue weighted by molar-refractivity contribution is 5.97. The van der Waals surface area contributed by atoms with Crippen LogP contribution in [0.5, 0.6) is 5.75 Å². The van der Waals surface area contributed by atoms with Gasteiger partial charge in [0.05, 0.1) is 30.5 Å². The topological polar surface area (TPSA) is 98.1 Å². The summed E-state index contributed by atoms with van der Waals surface area (Å²) >= 11 is 0. The van der Waals surface area contributed by atoms with E-state index in [4.69, 9.17) is 9.47 Å². The van der Waals surface area contributed by atoms with Gasteiger partial charge in [-0.3, -0.25) is 9.59 Å². The molecular formula is C22H25FN2O6. The lowest BCUT2D eigenvalue weighted by atomic mass is 9.96. The van der Waals surface area contributed by atoms with Crippen molar-refractivity contribution >= 4 is 28.5 Å². The molecule has 166 valence electrons. The Morgan fingerprint density at radius 2 is 1.90 bits per heavy atom. The van der Waals surface area contributed by atoms with Gasteiger partial charge in [0.25, 0.3) is 0 Å².